The minimum absolute atomic E-state index is 0.200. The van der Waals surface area contributed by atoms with E-state index in [1.807, 2.05) is 19.1 Å². The Morgan fingerprint density at radius 1 is 1.36 bits per heavy atom. The molecule has 0 amide bonds. The van der Waals surface area contributed by atoms with Crippen LogP contribution in [0.15, 0.2) is 41.9 Å². The van der Waals surface area contributed by atoms with Gasteiger partial charge in [0.05, 0.1) is 12.3 Å². The van der Waals surface area contributed by atoms with Crippen LogP contribution in [0.3, 0.4) is 0 Å². The summed E-state index contributed by atoms with van der Waals surface area (Å²) in [7, 11) is 3.44. The van der Waals surface area contributed by atoms with Gasteiger partial charge in [-0.3, -0.25) is 4.99 Å². The quantitative estimate of drug-likeness (QED) is 0.614. The summed E-state index contributed by atoms with van der Waals surface area (Å²) in [5, 5.41) is 10.6. The van der Waals surface area contributed by atoms with Gasteiger partial charge in [0.2, 0.25) is 0 Å². The minimum atomic E-state index is 0.200. The highest BCUT2D eigenvalue weighted by Crippen LogP contribution is 2.07. The van der Waals surface area contributed by atoms with Crippen LogP contribution in [0.25, 0.3) is 5.69 Å². The van der Waals surface area contributed by atoms with Gasteiger partial charge in [-0.2, -0.15) is 5.10 Å². The highest BCUT2D eigenvalue weighted by atomic mass is 16.5. The van der Waals surface area contributed by atoms with E-state index in [0.717, 1.165) is 17.2 Å². The molecule has 7 nitrogen and oxygen atoms in total. The Balaban J connectivity index is 1.88. The van der Waals surface area contributed by atoms with Crippen molar-refractivity contribution >= 4 is 5.96 Å². The highest BCUT2D eigenvalue weighted by Gasteiger charge is 2.04. The van der Waals surface area contributed by atoms with Gasteiger partial charge in [-0.15, -0.1) is 0 Å². The molecular weight excluding hydrogens is 280 g/mol. The van der Waals surface area contributed by atoms with E-state index in [4.69, 9.17) is 4.74 Å². The third kappa shape index (κ3) is 4.56. The Morgan fingerprint density at radius 3 is 2.73 bits per heavy atom. The van der Waals surface area contributed by atoms with Gasteiger partial charge in [0, 0.05) is 26.7 Å². The van der Waals surface area contributed by atoms with Crippen molar-refractivity contribution < 1.29 is 4.74 Å². The fourth-order valence-corrected chi connectivity index (χ4v) is 2.01. The van der Waals surface area contributed by atoms with E-state index >= 15 is 0 Å². The number of methoxy groups -OCH3 is 1. The molecule has 0 aliphatic carbocycles. The number of guanidine groups is 1. The van der Waals surface area contributed by atoms with Crippen LogP contribution in [0.5, 0.6) is 0 Å². The van der Waals surface area contributed by atoms with E-state index in [1.165, 1.54) is 6.33 Å². The maximum Gasteiger partial charge on any atom is 0.191 e. The number of aromatic nitrogens is 3. The molecule has 1 aromatic carbocycles. The van der Waals surface area contributed by atoms with Gasteiger partial charge < -0.3 is 15.4 Å². The van der Waals surface area contributed by atoms with Gasteiger partial charge in [-0.1, -0.05) is 12.1 Å². The average Bonchev–Trinajstić information content (AvgIpc) is 3.06. The second-order valence-electron chi connectivity index (χ2n) is 4.93. The van der Waals surface area contributed by atoms with Crippen LogP contribution in [0.2, 0.25) is 0 Å². The predicted octanol–water partition coefficient (Wildman–Crippen LogP) is 0.967. The molecule has 0 aliphatic rings. The first-order chi connectivity index (χ1) is 10.7. The molecule has 0 saturated heterocycles. The fraction of sp³-hybridized carbons (Fsp3) is 0.400. The fourth-order valence-electron chi connectivity index (χ4n) is 2.01. The number of hydrogen-bond acceptors (Lipinski definition) is 4. The van der Waals surface area contributed by atoms with Crippen molar-refractivity contribution in [1.82, 2.24) is 25.4 Å². The zero-order chi connectivity index (χ0) is 15.8. The molecule has 1 aromatic heterocycles. The van der Waals surface area contributed by atoms with Gasteiger partial charge in [0.25, 0.3) is 0 Å². The summed E-state index contributed by atoms with van der Waals surface area (Å²) in [5.74, 6) is 0.755. The molecule has 22 heavy (non-hydrogen) atoms. The van der Waals surface area contributed by atoms with Crippen LogP contribution in [0.4, 0.5) is 0 Å². The SMILES string of the molecule is CN=C(NCc1ccc(-n2cncn2)cc1)NC(C)COC. The van der Waals surface area contributed by atoms with Gasteiger partial charge in [-0.25, -0.2) is 9.67 Å². The van der Waals surface area contributed by atoms with Crippen LogP contribution in [0, 0.1) is 0 Å². The average molecular weight is 302 g/mol. The van der Waals surface area contributed by atoms with E-state index in [0.29, 0.717) is 13.2 Å². The predicted molar refractivity (Wildman–Crippen MR) is 86.0 cm³/mol. The molecule has 0 aliphatic heterocycles. The number of nitrogens with zero attached hydrogens (tertiary/aromatic N) is 4. The maximum atomic E-state index is 5.10. The topological polar surface area (TPSA) is 76.4 Å². The van der Waals surface area contributed by atoms with Gasteiger partial charge >= 0.3 is 0 Å². The van der Waals surface area contributed by atoms with Crippen LogP contribution < -0.4 is 10.6 Å². The lowest BCUT2D eigenvalue weighted by atomic mass is 10.2. The van der Waals surface area contributed by atoms with E-state index in [2.05, 4.69) is 37.8 Å². The van der Waals surface area contributed by atoms with Crippen molar-refractivity contribution in [3.8, 4) is 5.69 Å². The molecule has 0 spiro atoms. The third-order valence-corrected chi connectivity index (χ3v) is 3.10. The van der Waals surface area contributed by atoms with Gasteiger partial charge in [0.15, 0.2) is 5.96 Å². The van der Waals surface area contributed by atoms with Crippen molar-refractivity contribution in [1.29, 1.82) is 0 Å². The summed E-state index contributed by atoms with van der Waals surface area (Å²) in [5.41, 5.74) is 2.14. The largest absolute Gasteiger partial charge is 0.383 e. The molecule has 1 atom stereocenters. The smallest absolute Gasteiger partial charge is 0.191 e. The lowest BCUT2D eigenvalue weighted by molar-refractivity contribution is 0.179. The van der Waals surface area contributed by atoms with Crippen LogP contribution in [-0.2, 0) is 11.3 Å². The first kappa shape index (κ1) is 16.0. The number of hydrogen-bond donors (Lipinski definition) is 2. The molecule has 118 valence electrons. The molecule has 7 heteroatoms. The lowest BCUT2D eigenvalue weighted by Crippen LogP contribution is -2.43. The first-order valence-corrected chi connectivity index (χ1v) is 7.13. The second-order valence-corrected chi connectivity index (χ2v) is 4.93. The summed E-state index contributed by atoms with van der Waals surface area (Å²) < 4.78 is 6.83. The number of ether oxygens (including phenoxy) is 1. The standard InChI is InChI=1S/C15H22N6O/c1-12(9-22-3)20-15(16-2)18-8-13-4-6-14(7-5-13)21-11-17-10-19-21/h4-7,10-12H,8-9H2,1-3H3,(H2,16,18,20). The monoisotopic (exact) mass is 302 g/mol. The molecule has 2 N–H and O–H groups in total. The molecule has 1 unspecified atom stereocenters. The Hall–Kier alpha value is -2.41. The second kappa shape index (κ2) is 8.14. The van der Waals surface area contributed by atoms with Crippen molar-refractivity contribution in [2.45, 2.75) is 19.5 Å². The first-order valence-electron chi connectivity index (χ1n) is 7.13. The Bertz CT molecular complexity index is 579. The number of benzene rings is 1. The van der Waals surface area contributed by atoms with Crippen molar-refractivity contribution in [2.24, 2.45) is 4.99 Å². The molecular formula is C15H22N6O. The molecule has 0 saturated carbocycles. The summed E-state index contributed by atoms with van der Waals surface area (Å²) in [4.78, 5) is 8.14. The van der Waals surface area contributed by atoms with E-state index in [-0.39, 0.29) is 6.04 Å². The van der Waals surface area contributed by atoms with E-state index in [1.54, 1.807) is 25.2 Å². The Kier molecular flexibility index (Phi) is 5.91. The zero-order valence-corrected chi connectivity index (χ0v) is 13.2. The molecule has 2 aromatic rings. The molecule has 0 fully saturated rings. The lowest BCUT2D eigenvalue weighted by Gasteiger charge is -2.17. The summed E-state index contributed by atoms with van der Waals surface area (Å²) in [6.07, 6.45) is 3.20. The summed E-state index contributed by atoms with van der Waals surface area (Å²) in [6.45, 7) is 3.37. The minimum Gasteiger partial charge on any atom is -0.383 e. The molecule has 1 heterocycles. The number of aliphatic imine (C=N–C) groups is 1. The van der Waals surface area contributed by atoms with Crippen molar-refractivity contribution in [2.75, 3.05) is 20.8 Å². The zero-order valence-electron chi connectivity index (χ0n) is 13.2. The summed E-state index contributed by atoms with van der Waals surface area (Å²) >= 11 is 0. The number of rotatable bonds is 6. The highest BCUT2D eigenvalue weighted by molar-refractivity contribution is 5.79. The normalized spacial score (nSPS) is 13.0. The van der Waals surface area contributed by atoms with Crippen LogP contribution in [0.1, 0.15) is 12.5 Å². The molecule has 0 radical (unpaired) electrons. The maximum absolute atomic E-state index is 5.10. The Labute approximate surface area is 130 Å². The molecule has 0 bridgehead atoms. The van der Waals surface area contributed by atoms with E-state index in [9.17, 15) is 0 Å². The van der Waals surface area contributed by atoms with Crippen LogP contribution in [-0.4, -0.2) is 47.5 Å². The van der Waals surface area contributed by atoms with E-state index < -0.39 is 0 Å². The van der Waals surface area contributed by atoms with Crippen molar-refractivity contribution in [3.05, 3.63) is 42.5 Å². The number of nitrogens with one attached hydrogen (secondary N) is 2. The molecule has 2 rings (SSSR count). The van der Waals surface area contributed by atoms with Crippen LogP contribution >= 0.6 is 0 Å². The van der Waals surface area contributed by atoms with Gasteiger partial charge in [-0.05, 0) is 24.6 Å². The Morgan fingerprint density at radius 2 is 2.14 bits per heavy atom. The third-order valence-electron chi connectivity index (χ3n) is 3.10. The summed E-state index contributed by atoms with van der Waals surface area (Å²) in [6, 6.07) is 8.32. The van der Waals surface area contributed by atoms with Crippen molar-refractivity contribution in [3.63, 3.8) is 0 Å². The van der Waals surface area contributed by atoms with Gasteiger partial charge in [0.1, 0.15) is 12.7 Å².